The van der Waals surface area contributed by atoms with E-state index in [0.29, 0.717) is 12.5 Å². The summed E-state index contributed by atoms with van der Waals surface area (Å²) >= 11 is 0. The first kappa shape index (κ1) is 9.40. The Balaban J connectivity index is 2.33. The molecule has 14 heavy (non-hydrogen) atoms. The molecule has 0 bridgehead atoms. The number of Topliss-reactive ketones (excluding diaryl/α,β-unsaturated/α-hetero) is 1. The minimum Gasteiger partial charge on any atom is -0.309 e. The van der Waals surface area contributed by atoms with E-state index in [1.165, 1.54) is 0 Å². The van der Waals surface area contributed by atoms with Gasteiger partial charge in [0, 0.05) is 0 Å². The summed E-state index contributed by atoms with van der Waals surface area (Å²) in [5, 5.41) is 7.38. The molecule has 0 spiro atoms. The number of fused-ring (bicyclic) bond motifs is 1. The molecule has 1 aromatic heterocycles. The van der Waals surface area contributed by atoms with E-state index in [-0.39, 0.29) is 11.8 Å². The summed E-state index contributed by atoms with van der Waals surface area (Å²) in [7, 11) is 1.80. The zero-order valence-corrected chi connectivity index (χ0v) is 8.74. The summed E-state index contributed by atoms with van der Waals surface area (Å²) in [5.74, 6) is 0.542. The molecule has 1 aromatic rings. The number of carbonyl (C=O) groups excluding carboxylic acids is 1. The lowest BCUT2D eigenvalue weighted by molar-refractivity contribution is 0.0962. The van der Waals surface area contributed by atoms with Gasteiger partial charge in [-0.25, -0.2) is 0 Å². The van der Waals surface area contributed by atoms with Gasteiger partial charge in [0.05, 0.1) is 18.3 Å². The molecule has 0 radical (unpaired) electrons. The highest BCUT2D eigenvalue weighted by atomic mass is 16.1. The van der Waals surface area contributed by atoms with Gasteiger partial charge in [-0.3, -0.25) is 9.48 Å². The van der Waals surface area contributed by atoms with Crippen LogP contribution in [0, 0.1) is 0 Å². The fraction of sp³-hybridized carbons (Fsp3) is 0.600. The maximum absolute atomic E-state index is 11.7. The number of hydrogen-bond acceptors (Lipinski definition) is 3. The zero-order valence-electron chi connectivity index (χ0n) is 8.74. The van der Waals surface area contributed by atoms with Gasteiger partial charge in [0.25, 0.3) is 0 Å². The van der Waals surface area contributed by atoms with E-state index in [1.54, 1.807) is 11.7 Å². The molecule has 76 valence electrons. The second-order valence-electron chi connectivity index (χ2n) is 4.00. The molecule has 1 N–H and O–H groups in total. The second-order valence-corrected chi connectivity index (χ2v) is 4.00. The SMILES string of the molecule is CNC1Cn2nc(C(C)C)cc2C1=O. The predicted octanol–water partition coefficient (Wildman–Crippen LogP) is 0.791. The molecular weight excluding hydrogens is 178 g/mol. The number of likely N-dealkylation sites (N-methyl/N-ethyl adjacent to an activating group) is 1. The van der Waals surface area contributed by atoms with Crippen molar-refractivity contribution in [3.05, 3.63) is 17.5 Å². The van der Waals surface area contributed by atoms with Gasteiger partial charge in [-0.1, -0.05) is 13.8 Å². The highest BCUT2D eigenvalue weighted by Crippen LogP contribution is 2.20. The fourth-order valence-electron chi connectivity index (χ4n) is 1.71. The molecule has 0 amide bonds. The van der Waals surface area contributed by atoms with Gasteiger partial charge in [0.15, 0.2) is 5.78 Å². The topological polar surface area (TPSA) is 46.9 Å². The van der Waals surface area contributed by atoms with E-state index >= 15 is 0 Å². The Labute approximate surface area is 83.3 Å². The van der Waals surface area contributed by atoms with Crippen molar-refractivity contribution < 1.29 is 4.79 Å². The van der Waals surface area contributed by atoms with Crippen LogP contribution in [0.15, 0.2) is 6.07 Å². The summed E-state index contributed by atoms with van der Waals surface area (Å²) in [6.07, 6.45) is 0. The molecular formula is C10H15N3O. The lowest BCUT2D eigenvalue weighted by atomic mass is 10.1. The molecule has 0 fully saturated rings. The number of rotatable bonds is 2. The molecule has 0 saturated carbocycles. The van der Waals surface area contributed by atoms with Gasteiger partial charge in [0.1, 0.15) is 5.69 Å². The van der Waals surface area contributed by atoms with Crippen molar-refractivity contribution in [2.75, 3.05) is 7.05 Å². The van der Waals surface area contributed by atoms with Gasteiger partial charge in [-0.2, -0.15) is 5.10 Å². The van der Waals surface area contributed by atoms with Crippen LogP contribution in [0.25, 0.3) is 0 Å². The van der Waals surface area contributed by atoms with Crippen LogP contribution < -0.4 is 5.32 Å². The van der Waals surface area contributed by atoms with E-state index in [4.69, 9.17) is 0 Å². The van der Waals surface area contributed by atoms with E-state index in [1.807, 2.05) is 6.07 Å². The Bertz CT molecular complexity index is 367. The van der Waals surface area contributed by atoms with Crippen LogP contribution in [0.4, 0.5) is 0 Å². The molecule has 0 aromatic carbocycles. The molecule has 4 heteroatoms. The maximum Gasteiger partial charge on any atom is 0.199 e. The molecule has 0 saturated heterocycles. The number of hydrogen-bond donors (Lipinski definition) is 1. The Morgan fingerprint density at radius 3 is 2.86 bits per heavy atom. The molecule has 2 rings (SSSR count). The summed E-state index contributed by atoms with van der Waals surface area (Å²) in [4.78, 5) is 11.7. The highest BCUT2D eigenvalue weighted by Gasteiger charge is 2.31. The third-order valence-electron chi connectivity index (χ3n) is 2.66. The minimum absolute atomic E-state index is 0.0845. The predicted molar refractivity (Wildman–Crippen MR) is 53.5 cm³/mol. The first-order chi connectivity index (χ1) is 6.63. The summed E-state index contributed by atoms with van der Waals surface area (Å²) in [6.45, 7) is 4.83. The lowest BCUT2D eigenvalue weighted by Crippen LogP contribution is -2.31. The first-order valence-corrected chi connectivity index (χ1v) is 4.92. The lowest BCUT2D eigenvalue weighted by Gasteiger charge is -2.05. The van der Waals surface area contributed by atoms with E-state index < -0.39 is 0 Å². The van der Waals surface area contributed by atoms with Gasteiger partial charge < -0.3 is 5.32 Å². The molecule has 4 nitrogen and oxygen atoms in total. The largest absolute Gasteiger partial charge is 0.309 e. The quantitative estimate of drug-likeness (QED) is 0.755. The third-order valence-corrected chi connectivity index (χ3v) is 2.66. The van der Waals surface area contributed by atoms with E-state index in [9.17, 15) is 4.79 Å². The smallest absolute Gasteiger partial charge is 0.199 e. The summed E-state index contributed by atoms with van der Waals surface area (Å²) < 4.78 is 1.80. The van der Waals surface area contributed by atoms with Gasteiger partial charge >= 0.3 is 0 Å². The Hall–Kier alpha value is -1.16. The van der Waals surface area contributed by atoms with Crippen molar-refractivity contribution in [3.63, 3.8) is 0 Å². The second kappa shape index (κ2) is 3.20. The average molecular weight is 193 g/mol. The Morgan fingerprint density at radius 2 is 2.36 bits per heavy atom. The molecule has 1 atom stereocenters. The van der Waals surface area contributed by atoms with Crippen LogP contribution in [-0.4, -0.2) is 28.7 Å². The van der Waals surface area contributed by atoms with Crippen LogP contribution in [0.5, 0.6) is 0 Å². The van der Waals surface area contributed by atoms with E-state index in [0.717, 1.165) is 11.4 Å². The maximum atomic E-state index is 11.7. The number of carbonyl (C=O) groups is 1. The van der Waals surface area contributed by atoms with E-state index in [2.05, 4.69) is 24.3 Å². The van der Waals surface area contributed by atoms with Crippen molar-refractivity contribution in [2.24, 2.45) is 0 Å². The number of nitrogens with zero attached hydrogens (tertiary/aromatic N) is 2. The Morgan fingerprint density at radius 1 is 1.64 bits per heavy atom. The van der Waals surface area contributed by atoms with Crippen LogP contribution in [0.2, 0.25) is 0 Å². The van der Waals surface area contributed by atoms with Crippen molar-refractivity contribution in [2.45, 2.75) is 32.4 Å². The minimum atomic E-state index is -0.0845. The van der Waals surface area contributed by atoms with Crippen molar-refractivity contribution in [1.82, 2.24) is 15.1 Å². The van der Waals surface area contributed by atoms with Crippen molar-refractivity contribution in [1.29, 1.82) is 0 Å². The number of nitrogens with one attached hydrogen (secondary N) is 1. The molecule has 2 heterocycles. The monoisotopic (exact) mass is 193 g/mol. The fourth-order valence-corrected chi connectivity index (χ4v) is 1.71. The zero-order chi connectivity index (χ0) is 10.3. The van der Waals surface area contributed by atoms with Crippen LogP contribution >= 0.6 is 0 Å². The van der Waals surface area contributed by atoms with Gasteiger partial charge in [-0.15, -0.1) is 0 Å². The molecule has 0 aliphatic carbocycles. The molecule has 1 aliphatic rings. The number of ketones is 1. The van der Waals surface area contributed by atoms with Crippen molar-refractivity contribution in [3.8, 4) is 0 Å². The van der Waals surface area contributed by atoms with Crippen LogP contribution in [-0.2, 0) is 6.54 Å². The molecule has 1 aliphatic heterocycles. The molecule has 1 unspecified atom stereocenters. The summed E-state index contributed by atoms with van der Waals surface area (Å²) in [5.41, 5.74) is 1.75. The van der Waals surface area contributed by atoms with Gasteiger partial charge in [0.2, 0.25) is 0 Å². The third kappa shape index (κ3) is 1.26. The average Bonchev–Trinajstić information content (AvgIpc) is 2.66. The van der Waals surface area contributed by atoms with Crippen LogP contribution in [0.3, 0.4) is 0 Å². The Kier molecular flexibility index (Phi) is 2.15. The van der Waals surface area contributed by atoms with Crippen LogP contribution in [0.1, 0.15) is 35.9 Å². The normalized spacial score (nSPS) is 20.6. The highest BCUT2D eigenvalue weighted by molar-refractivity contribution is 6.00. The van der Waals surface area contributed by atoms with Crippen molar-refractivity contribution >= 4 is 5.78 Å². The standard InChI is InChI=1S/C10H15N3O/c1-6(2)7-4-9-10(14)8(11-3)5-13(9)12-7/h4,6,8,11H,5H2,1-3H3. The first-order valence-electron chi connectivity index (χ1n) is 4.92. The number of aromatic nitrogens is 2. The summed E-state index contributed by atoms with van der Waals surface area (Å²) in [6, 6.07) is 1.82. The van der Waals surface area contributed by atoms with Gasteiger partial charge in [-0.05, 0) is 19.0 Å².